The highest BCUT2D eigenvalue weighted by Crippen LogP contribution is 2.33. The summed E-state index contributed by atoms with van der Waals surface area (Å²) in [4.78, 5) is 11.9. The second-order valence-electron chi connectivity index (χ2n) is 8.36. The van der Waals surface area contributed by atoms with E-state index >= 15 is 0 Å². The molecule has 0 N–H and O–H groups in total. The number of hydrogen-bond acceptors (Lipinski definition) is 4. The Balaban J connectivity index is 3.02. The molecule has 0 aromatic carbocycles. The van der Waals surface area contributed by atoms with E-state index in [9.17, 15) is 13.2 Å². The van der Waals surface area contributed by atoms with Gasteiger partial charge in [0.2, 0.25) is 10.0 Å². The van der Waals surface area contributed by atoms with Crippen LogP contribution in [0, 0.1) is 5.92 Å². The fourth-order valence-corrected chi connectivity index (χ4v) is 8.38. The minimum atomic E-state index is -3.36. The van der Waals surface area contributed by atoms with Gasteiger partial charge in [0.05, 0.1) is 18.8 Å². The van der Waals surface area contributed by atoms with Crippen molar-refractivity contribution in [2.75, 3.05) is 12.4 Å². The van der Waals surface area contributed by atoms with Crippen LogP contribution in [0.15, 0.2) is 0 Å². The van der Waals surface area contributed by atoms with Gasteiger partial charge in [-0.25, -0.2) is 8.42 Å². The Morgan fingerprint density at radius 3 is 2.38 bits per heavy atom. The maximum Gasteiger partial charge on any atom is 0.307 e. The van der Waals surface area contributed by atoms with Gasteiger partial charge in [-0.1, -0.05) is 39.9 Å². The van der Waals surface area contributed by atoms with Gasteiger partial charge in [0.15, 0.2) is 0 Å². The van der Waals surface area contributed by atoms with Crippen LogP contribution in [0.5, 0.6) is 0 Å². The molecule has 2 atom stereocenters. The monoisotopic (exact) mass is 377 g/mol. The highest BCUT2D eigenvalue weighted by molar-refractivity contribution is 7.89. The van der Waals surface area contributed by atoms with E-state index in [0.29, 0.717) is 6.61 Å². The molecule has 1 heterocycles. The van der Waals surface area contributed by atoms with Crippen LogP contribution in [0.25, 0.3) is 0 Å². The van der Waals surface area contributed by atoms with Crippen molar-refractivity contribution in [1.82, 2.24) is 4.31 Å². The lowest BCUT2D eigenvalue weighted by molar-refractivity contribution is -0.144. The zero-order valence-electron chi connectivity index (χ0n) is 16.2. The zero-order chi connectivity index (χ0) is 18.5. The van der Waals surface area contributed by atoms with Crippen LogP contribution in [0.1, 0.15) is 46.5 Å². The quantitative estimate of drug-likeness (QED) is 0.480. The average Bonchev–Trinajstić information content (AvgIpc) is 2.44. The topological polar surface area (TPSA) is 63.7 Å². The van der Waals surface area contributed by atoms with Crippen LogP contribution in [-0.2, 0) is 19.6 Å². The van der Waals surface area contributed by atoms with Gasteiger partial charge in [-0.15, -0.1) is 0 Å². The number of rotatable bonds is 8. The number of carbonyl (C=O) groups excluding carboxylic acids is 1. The van der Waals surface area contributed by atoms with Crippen LogP contribution >= 0.6 is 0 Å². The molecule has 1 aliphatic heterocycles. The summed E-state index contributed by atoms with van der Waals surface area (Å²) >= 11 is 0. The zero-order valence-corrected chi connectivity index (χ0v) is 18.0. The third-order valence-electron chi connectivity index (χ3n) is 4.63. The van der Waals surface area contributed by atoms with Gasteiger partial charge >= 0.3 is 5.97 Å². The molecule has 1 aliphatic rings. The van der Waals surface area contributed by atoms with Crippen molar-refractivity contribution in [3.8, 4) is 0 Å². The lowest BCUT2D eigenvalue weighted by Crippen LogP contribution is -2.53. The first-order valence-electron chi connectivity index (χ1n) is 9.14. The van der Waals surface area contributed by atoms with Crippen LogP contribution in [0.2, 0.25) is 25.7 Å². The second kappa shape index (κ2) is 8.81. The molecule has 1 saturated heterocycles. The molecule has 0 aromatic rings. The molecule has 0 saturated carbocycles. The first-order valence-corrected chi connectivity index (χ1v) is 14.5. The number of ether oxygens (including phenoxy) is 1. The van der Waals surface area contributed by atoms with E-state index in [1.165, 1.54) is 0 Å². The van der Waals surface area contributed by atoms with E-state index in [0.717, 1.165) is 25.3 Å². The smallest absolute Gasteiger partial charge is 0.307 e. The molecule has 0 aliphatic carbocycles. The molecule has 0 spiro atoms. The minimum Gasteiger partial charge on any atom is -0.466 e. The highest BCUT2D eigenvalue weighted by Gasteiger charge is 2.41. The Morgan fingerprint density at radius 2 is 1.88 bits per heavy atom. The number of hydrogen-bond donors (Lipinski definition) is 0. The summed E-state index contributed by atoms with van der Waals surface area (Å²) < 4.78 is 32.9. The molecule has 1 fully saturated rings. The molecule has 0 unspecified atom stereocenters. The Morgan fingerprint density at radius 1 is 1.25 bits per heavy atom. The van der Waals surface area contributed by atoms with Crippen molar-refractivity contribution in [3.05, 3.63) is 0 Å². The first-order chi connectivity index (χ1) is 11.0. The van der Waals surface area contributed by atoms with E-state index in [4.69, 9.17) is 4.74 Å². The Kier molecular flexibility index (Phi) is 7.94. The summed E-state index contributed by atoms with van der Waals surface area (Å²) in [5.41, 5.74) is 0. The number of esters is 1. The minimum absolute atomic E-state index is 0.00943. The van der Waals surface area contributed by atoms with Gasteiger partial charge in [0.25, 0.3) is 0 Å². The summed E-state index contributed by atoms with van der Waals surface area (Å²) in [5, 5.41) is 0. The van der Waals surface area contributed by atoms with Crippen LogP contribution in [0.4, 0.5) is 0 Å². The van der Waals surface area contributed by atoms with Crippen LogP contribution in [-0.4, -0.2) is 51.2 Å². The largest absolute Gasteiger partial charge is 0.466 e. The van der Waals surface area contributed by atoms with Gasteiger partial charge in [-0.2, -0.15) is 4.31 Å². The van der Waals surface area contributed by atoms with E-state index in [-0.39, 0.29) is 36.1 Å². The normalized spacial score (nSPS) is 23.5. The fraction of sp³-hybridized carbons (Fsp3) is 0.941. The van der Waals surface area contributed by atoms with E-state index in [1.807, 2.05) is 0 Å². The highest BCUT2D eigenvalue weighted by atomic mass is 32.2. The molecular weight excluding hydrogens is 342 g/mol. The Labute approximate surface area is 149 Å². The molecule has 1 rings (SSSR count). The predicted octanol–water partition coefficient (Wildman–Crippen LogP) is 3.49. The van der Waals surface area contributed by atoms with Crippen molar-refractivity contribution in [2.45, 2.75) is 84.2 Å². The molecule has 0 amide bonds. The molecular formula is C17H35NO4SSi. The molecule has 0 bridgehead atoms. The van der Waals surface area contributed by atoms with Crippen molar-refractivity contribution < 1.29 is 17.9 Å². The van der Waals surface area contributed by atoms with Gasteiger partial charge in [-0.3, -0.25) is 4.79 Å². The molecule has 5 nitrogen and oxygen atoms in total. The lowest BCUT2D eigenvalue weighted by Gasteiger charge is -2.43. The third-order valence-corrected chi connectivity index (χ3v) is 8.68. The first kappa shape index (κ1) is 21.6. The lowest BCUT2D eigenvalue weighted by atomic mass is 9.90. The van der Waals surface area contributed by atoms with Crippen molar-refractivity contribution in [1.29, 1.82) is 0 Å². The van der Waals surface area contributed by atoms with Gasteiger partial charge in [0, 0.05) is 20.2 Å². The summed E-state index contributed by atoms with van der Waals surface area (Å²) in [6, 6.07) is 0.490. The third kappa shape index (κ3) is 6.48. The fourth-order valence-electron chi connectivity index (χ4n) is 3.29. The number of nitrogens with zero attached hydrogens (tertiary/aromatic N) is 1. The standard InChI is InChI=1S/C17H35NO4SSi/c1-7-22-17(19)13-15-9-8-10-16(14(2)3)18(15)23(20,21)11-12-24(4,5)6/h14-16H,7-13H2,1-6H3/t15-,16-/m1/s1. The molecule has 0 aromatic heterocycles. The van der Waals surface area contributed by atoms with Gasteiger partial charge < -0.3 is 4.74 Å². The maximum atomic E-state index is 13.1. The Hall–Kier alpha value is -0.403. The summed E-state index contributed by atoms with van der Waals surface area (Å²) in [7, 11) is -4.80. The maximum absolute atomic E-state index is 13.1. The Bertz CT molecular complexity index is 513. The van der Waals surface area contributed by atoms with Crippen molar-refractivity contribution >= 4 is 24.1 Å². The summed E-state index contributed by atoms with van der Waals surface area (Å²) in [5.74, 6) is 0.152. The van der Waals surface area contributed by atoms with E-state index in [1.54, 1.807) is 11.2 Å². The van der Waals surface area contributed by atoms with Crippen LogP contribution in [0.3, 0.4) is 0 Å². The SMILES string of the molecule is CCOC(=O)C[C@H]1CCC[C@H](C(C)C)N1S(=O)(=O)CC[Si](C)(C)C. The average molecular weight is 378 g/mol. The molecule has 142 valence electrons. The summed E-state index contributed by atoms with van der Waals surface area (Å²) in [6.45, 7) is 12.8. The second-order valence-corrected chi connectivity index (χ2v) is 16.0. The van der Waals surface area contributed by atoms with Crippen molar-refractivity contribution in [2.24, 2.45) is 5.92 Å². The predicted molar refractivity (Wildman–Crippen MR) is 101 cm³/mol. The van der Waals surface area contributed by atoms with E-state index in [2.05, 4.69) is 33.5 Å². The number of carbonyl (C=O) groups is 1. The molecule has 7 heteroatoms. The van der Waals surface area contributed by atoms with Crippen molar-refractivity contribution in [3.63, 3.8) is 0 Å². The number of sulfonamides is 1. The van der Waals surface area contributed by atoms with E-state index < -0.39 is 18.1 Å². The number of piperidine rings is 1. The molecule has 24 heavy (non-hydrogen) atoms. The summed E-state index contributed by atoms with van der Waals surface area (Å²) in [6.07, 6.45) is 2.76. The van der Waals surface area contributed by atoms with Gasteiger partial charge in [0.1, 0.15) is 0 Å². The van der Waals surface area contributed by atoms with Crippen LogP contribution < -0.4 is 0 Å². The molecule has 0 radical (unpaired) electrons. The van der Waals surface area contributed by atoms with Gasteiger partial charge in [-0.05, 0) is 31.7 Å².